The summed E-state index contributed by atoms with van der Waals surface area (Å²) in [6, 6.07) is 9.44. The van der Waals surface area contributed by atoms with Gasteiger partial charge in [0.25, 0.3) is 11.2 Å². The number of fused-ring (bicyclic) bond motifs is 1. The van der Waals surface area contributed by atoms with E-state index in [0.29, 0.717) is 36.3 Å². The highest BCUT2D eigenvalue weighted by Crippen LogP contribution is 2.39. The van der Waals surface area contributed by atoms with Crippen molar-refractivity contribution in [1.29, 1.82) is 0 Å². The first-order valence-corrected chi connectivity index (χ1v) is 10.5. The molecule has 31 heavy (non-hydrogen) atoms. The second-order valence-electron chi connectivity index (χ2n) is 7.60. The van der Waals surface area contributed by atoms with Crippen LogP contribution in [0, 0.1) is 17.0 Å². The van der Waals surface area contributed by atoms with Crippen LogP contribution in [0.15, 0.2) is 41.2 Å². The average Bonchev–Trinajstić information content (AvgIpc) is 2.73. The molecule has 4 rings (SSSR count). The topological polar surface area (TPSA) is 76.3 Å². The van der Waals surface area contributed by atoms with Gasteiger partial charge in [-0.25, -0.2) is 0 Å². The molecule has 0 N–H and O–H groups in total. The van der Waals surface area contributed by atoms with Crippen molar-refractivity contribution in [1.82, 2.24) is 4.98 Å². The summed E-state index contributed by atoms with van der Waals surface area (Å²) >= 11 is 0.887. The summed E-state index contributed by atoms with van der Waals surface area (Å²) in [5, 5.41) is 11.3. The molecule has 162 valence electrons. The number of hydrogen-bond acceptors (Lipinski definition) is 6. The largest absolute Gasteiger partial charge is 0.416 e. The summed E-state index contributed by atoms with van der Waals surface area (Å²) in [5.74, 6) is 0.359. The van der Waals surface area contributed by atoms with Crippen molar-refractivity contribution in [3.05, 3.63) is 73.6 Å². The minimum absolute atomic E-state index is 0.0892. The number of piperidine rings is 1. The Bertz CT molecular complexity index is 1200. The maximum absolute atomic E-state index is 13.1. The number of halogens is 3. The zero-order valence-electron chi connectivity index (χ0n) is 16.5. The van der Waals surface area contributed by atoms with Crippen molar-refractivity contribution >= 4 is 32.2 Å². The van der Waals surface area contributed by atoms with E-state index in [1.54, 1.807) is 0 Å². The van der Waals surface area contributed by atoms with Gasteiger partial charge in [0.1, 0.15) is 4.70 Å². The first kappa shape index (κ1) is 21.2. The molecule has 2 heterocycles. The van der Waals surface area contributed by atoms with Crippen molar-refractivity contribution in [3.8, 4) is 0 Å². The number of alkyl halides is 3. The fourth-order valence-corrected chi connectivity index (χ4v) is 4.94. The van der Waals surface area contributed by atoms with Gasteiger partial charge in [-0.2, -0.15) is 18.2 Å². The highest BCUT2D eigenvalue weighted by molar-refractivity contribution is 7.22. The molecule has 0 unspecified atom stereocenters. The van der Waals surface area contributed by atoms with Gasteiger partial charge in [0, 0.05) is 19.2 Å². The number of anilines is 1. The van der Waals surface area contributed by atoms with Crippen LogP contribution in [0.2, 0.25) is 0 Å². The van der Waals surface area contributed by atoms with E-state index in [-0.39, 0.29) is 10.1 Å². The minimum atomic E-state index is -4.80. The first-order chi connectivity index (χ1) is 14.6. The van der Waals surface area contributed by atoms with Gasteiger partial charge in [-0.1, -0.05) is 41.2 Å². The van der Waals surface area contributed by atoms with Crippen LogP contribution < -0.4 is 10.5 Å². The molecule has 2 aromatic carbocycles. The fourth-order valence-electron chi connectivity index (χ4n) is 3.82. The lowest BCUT2D eigenvalue weighted by Crippen LogP contribution is -2.34. The smallest absolute Gasteiger partial charge is 0.348 e. The van der Waals surface area contributed by atoms with Gasteiger partial charge >= 0.3 is 6.18 Å². The summed E-state index contributed by atoms with van der Waals surface area (Å²) in [6.07, 6.45) is -3.16. The Hall–Kier alpha value is -3.01. The zero-order valence-corrected chi connectivity index (χ0v) is 17.3. The molecular weight excluding hydrogens is 431 g/mol. The zero-order chi connectivity index (χ0) is 22.3. The monoisotopic (exact) mass is 449 g/mol. The number of rotatable bonds is 3. The van der Waals surface area contributed by atoms with Crippen LogP contribution in [-0.2, 0) is 6.18 Å². The first-order valence-electron chi connectivity index (χ1n) is 9.65. The summed E-state index contributed by atoms with van der Waals surface area (Å²) in [6.45, 7) is 3.22. The number of hydrogen-bond donors (Lipinski definition) is 0. The van der Waals surface area contributed by atoms with E-state index in [1.165, 1.54) is 11.1 Å². The van der Waals surface area contributed by atoms with Crippen molar-refractivity contribution in [2.75, 3.05) is 18.0 Å². The molecule has 1 aliphatic rings. The van der Waals surface area contributed by atoms with E-state index in [1.807, 2.05) is 11.8 Å². The third kappa shape index (κ3) is 4.25. The molecule has 10 heteroatoms. The van der Waals surface area contributed by atoms with Gasteiger partial charge in [0.15, 0.2) is 5.13 Å². The van der Waals surface area contributed by atoms with Gasteiger partial charge in [0.05, 0.1) is 15.9 Å². The molecule has 0 spiro atoms. The number of nitro benzene ring substituents is 1. The molecule has 1 saturated heterocycles. The summed E-state index contributed by atoms with van der Waals surface area (Å²) < 4.78 is 39.2. The van der Waals surface area contributed by atoms with Crippen LogP contribution >= 0.6 is 11.3 Å². The standard InChI is InChI=1S/C21H18F3N3O3S/c1-12-2-4-13(5-3-12)14-6-8-26(9-7-14)20-25-19(28)16-10-15(21(22,23)24)11-17(27(29)30)18(16)31-20/h2-5,10-11,14H,6-9H2,1H3. The second-order valence-corrected chi connectivity index (χ2v) is 8.58. The van der Waals surface area contributed by atoms with Crippen molar-refractivity contribution in [2.45, 2.75) is 31.9 Å². The van der Waals surface area contributed by atoms with E-state index in [4.69, 9.17) is 0 Å². The van der Waals surface area contributed by atoms with E-state index in [9.17, 15) is 28.1 Å². The van der Waals surface area contributed by atoms with E-state index >= 15 is 0 Å². The number of nitro groups is 1. The van der Waals surface area contributed by atoms with Crippen LogP contribution in [0.25, 0.3) is 10.1 Å². The van der Waals surface area contributed by atoms with Crippen molar-refractivity contribution < 1.29 is 18.1 Å². The lowest BCUT2D eigenvalue weighted by atomic mass is 9.89. The molecule has 0 saturated carbocycles. The van der Waals surface area contributed by atoms with Crippen LogP contribution in [0.5, 0.6) is 0 Å². The highest BCUT2D eigenvalue weighted by atomic mass is 32.1. The molecule has 1 aromatic heterocycles. The lowest BCUT2D eigenvalue weighted by Gasteiger charge is -2.32. The fraction of sp³-hybridized carbons (Fsp3) is 0.333. The van der Waals surface area contributed by atoms with Crippen LogP contribution in [0.1, 0.15) is 35.4 Å². The minimum Gasteiger partial charge on any atom is -0.348 e. The quantitative estimate of drug-likeness (QED) is 0.402. The molecule has 6 nitrogen and oxygen atoms in total. The Balaban J connectivity index is 1.66. The molecule has 0 bridgehead atoms. The number of aromatic nitrogens is 1. The van der Waals surface area contributed by atoms with Gasteiger partial charge in [-0.3, -0.25) is 14.9 Å². The van der Waals surface area contributed by atoms with Crippen LogP contribution in [0.3, 0.4) is 0 Å². The Morgan fingerprint density at radius 3 is 2.39 bits per heavy atom. The van der Waals surface area contributed by atoms with Gasteiger partial charge in [-0.05, 0) is 37.3 Å². The number of aryl methyl sites for hydroxylation is 1. The van der Waals surface area contributed by atoms with Crippen LogP contribution in [0.4, 0.5) is 24.0 Å². The van der Waals surface area contributed by atoms with E-state index in [0.717, 1.165) is 24.2 Å². The average molecular weight is 449 g/mol. The third-order valence-corrected chi connectivity index (χ3v) is 6.69. The Labute approximate surface area is 179 Å². The van der Waals surface area contributed by atoms with Crippen LogP contribution in [-0.4, -0.2) is 23.0 Å². The van der Waals surface area contributed by atoms with E-state index in [2.05, 4.69) is 29.2 Å². The van der Waals surface area contributed by atoms with Crippen molar-refractivity contribution in [3.63, 3.8) is 0 Å². The second kappa shape index (κ2) is 7.92. The van der Waals surface area contributed by atoms with Crippen molar-refractivity contribution in [2.24, 2.45) is 0 Å². The van der Waals surface area contributed by atoms with Gasteiger partial charge in [0.2, 0.25) is 0 Å². The molecule has 0 atom stereocenters. The number of nitrogens with zero attached hydrogens (tertiary/aromatic N) is 3. The molecule has 3 aromatic rings. The lowest BCUT2D eigenvalue weighted by molar-refractivity contribution is -0.383. The Morgan fingerprint density at radius 2 is 1.81 bits per heavy atom. The summed E-state index contributed by atoms with van der Waals surface area (Å²) in [4.78, 5) is 28.9. The highest BCUT2D eigenvalue weighted by Gasteiger charge is 2.34. The Morgan fingerprint density at radius 1 is 1.16 bits per heavy atom. The molecule has 0 amide bonds. The van der Waals surface area contributed by atoms with E-state index < -0.39 is 27.9 Å². The molecule has 0 radical (unpaired) electrons. The van der Waals surface area contributed by atoms with Gasteiger partial charge < -0.3 is 4.90 Å². The summed E-state index contributed by atoms with van der Waals surface area (Å²) in [7, 11) is 0. The van der Waals surface area contributed by atoms with Gasteiger partial charge in [-0.15, -0.1) is 0 Å². The number of non-ortho nitro benzene ring substituents is 1. The SMILES string of the molecule is Cc1ccc(C2CCN(c3nc(=O)c4cc(C(F)(F)F)cc([N+](=O)[O-])c4s3)CC2)cc1. The summed E-state index contributed by atoms with van der Waals surface area (Å²) in [5.41, 5.74) is -0.435. The normalized spacial score (nSPS) is 15.4. The number of benzene rings is 2. The Kier molecular flexibility index (Phi) is 5.42. The molecule has 1 aliphatic heterocycles. The predicted molar refractivity (Wildman–Crippen MR) is 113 cm³/mol. The molecule has 1 fully saturated rings. The molecular formula is C21H18F3N3O3S. The predicted octanol–water partition coefficient (Wildman–Crippen LogP) is 5.28. The maximum atomic E-state index is 13.1. The maximum Gasteiger partial charge on any atom is 0.416 e. The molecule has 0 aliphatic carbocycles. The third-order valence-electron chi connectivity index (χ3n) is 5.53.